The number of nitrogens with zero attached hydrogens (tertiary/aromatic N) is 1. The lowest BCUT2D eigenvalue weighted by Gasteiger charge is -2.15. The summed E-state index contributed by atoms with van der Waals surface area (Å²) in [6.07, 6.45) is 0.832. The van der Waals surface area contributed by atoms with Gasteiger partial charge in [-0.1, -0.05) is 6.92 Å². The largest absolute Gasteiger partial charge is 0.493 e. The molecule has 1 aromatic carbocycles. The molecule has 4 heteroatoms. The van der Waals surface area contributed by atoms with Gasteiger partial charge in [0.1, 0.15) is 6.61 Å². The molecule has 0 bridgehead atoms. The predicted molar refractivity (Wildman–Crippen MR) is 75.5 cm³/mol. The monoisotopic (exact) mass is 263 g/mol. The first kappa shape index (κ1) is 13.7. The Balaban J connectivity index is 2.53. The van der Waals surface area contributed by atoms with Crippen LogP contribution in [-0.4, -0.2) is 32.3 Å². The van der Waals surface area contributed by atoms with Crippen LogP contribution in [0.15, 0.2) is 17.1 Å². The molecule has 2 rings (SSSR count). The van der Waals surface area contributed by atoms with Crippen molar-refractivity contribution in [3.05, 3.63) is 23.3 Å². The van der Waals surface area contributed by atoms with Gasteiger partial charge < -0.3 is 14.2 Å². The Labute approximate surface area is 114 Å². The van der Waals surface area contributed by atoms with Gasteiger partial charge in [0, 0.05) is 11.1 Å². The topological polar surface area (TPSA) is 40.0 Å². The summed E-state index contributed by atoms with van der Waals surface area (Å²) in [5.74, 6) is 2.20. The fourth-order valence-corrected chi connectivity index (χ4v) is 2.26. The van der Waals surface area contributed by atoms with Gasteiger partial charge in [-0.2, -0.15) is 0 Å². The maximum absolute atomic E-state index is 5.72. The highest BCUT2D eigenvalue weighted by atomic mass is 16.5. The van der Waals surface area contributed by atoms with Crippen LogP contribution in [0, 0.1) is 0 Å². The van der Waals surface area contributed by atoms with Gasteiger partial charge in [-0.15, -0.1) is 0 Å². The molecule has 0 N–H and O–H groups in total. The quantitative estimate of drug-likeness (QED) is 0.838. The van der Waals surface area contributed by atoms with Crippen molar-refractivity contribution in [3.63, 3.8) is 0 Å². The van der Waals surface area contributed by atoms with E-state index in [1.165, 1.54) is 0 Å². The summed E-state index contributed by atoms with van der Waals surface area (Å²) >= 11 is 0. The van der Waals surface area contributed by atoms with E-state index in [9.17, 15) is 0 Å². The highest BCUT2D eigenvalue weighted by Gasteiger charge is 2.29. The summed E-state index contributed by atoms with van der Waals surface area (Å²) < 4.78 is 16.5. The first-order valence-electron chi connectivity index (χ1n) is 6.49. The second kappa shape index (κ2) is 5.11. The normalized spacial score (nSPS) is 16.8. The van der Waals surface area contributed by atoms with Gasteiger partial charge in [0.2, 0.25) is 5.90 Å². The van der Waals surface area contributed by atoms with E-state index in [-0.39, 0.29) is 5.54 Å². The Morgan fingerprint density at radius 1 is 1.26 bits per heavy atom. The van der Waals surface area contributed by atoms with Gasteiger partial charge in [-0.05, 0) is 32.4 Å². The van der Waals surface area contributed by atoms with E-state index in [0.717, 1.165) is 29.0 Å². The third kappa shape index (κ3) is 2.53. The Bertz CT molecular complexity index is 506. The third-order valence-electron chi connectivity index (χ3n) is 3.20. The maximum atomic E-state index is 5.72. The number of rotatable bonds is 4. The molecule has 1 heterocycles. The summed E-state index contributed by atoms with van der Waals surface area (Å²) in [4.78, 5) is 4.63. The minimum absolute atomic E-state index is 0.159. The summed E-state index contributed by atoms with van der Waals surface area (Å²) in [5.41, 5.74) is 1.90. The van der Waals surface area contributed by atoms with Crippen molar-refractivity contribution in [3.8, 4) is 11.5 Å². The van der Waals surface area contributed by atoms with Crippen LogP contribution < -0.4 is 9.47 Å². The van der Waals surface area contributed by atoms with E-state index in [1.807, 2.05) is 12.1 Å². The fourth-order valence-electron chi connectivity index (χ4n) is 2.26. The summed E-state index contributed by atoms with van der Waals surface area (Å²) in [6.45, 7) is 6.82. The Morgan fingerprint density at radius 2 is 2.00 bits per heavy atom. The Kier molecular flexibility index (Phi) is 3.69. The molecule has 0 aromatic heterocycles. The van der Waals surface area contributed by atoms with Crippen LogP contribution in [0.5, 0.6) is 11.5 Å². The van der Waals surface area contributed by atoms with E-state index in [2.05, 4.69) is 25.8 Å². The smallest absolute Gasteiger partial charge is 0.217 e. The van der Waals surface area contributed by atoms with Crippen molar-refractivity contribution in [2.75, 3.05) is 20.8 Å². The fraction of sp³-hybridized carbons (Fsp3) is 0.533. The first-order chi connectivity index (χ1) is 9.02. The van der Waals surface area contributed by atoms with Crippen LogP contribution in [0.3, 0.4) is 0 Å². The molecule has 1 aromatic rings. The van der Waals surface area contributed by atoms with Gasteiger partial charge in [0.05, 0.1) is 19.8 Å². The van der Waals surface area contributed by atoms with Crippen LogP contribution in [0.1, 0.15) is 31.9 Å². The molecular weight excluding hydrogens is 242 g/mol. The summed E-state index contributed by atoms with van der Waals surface area (Å²) in [6, 6.07) is 3.88. The molecular formula is C15H21NO3. The standard InChI is InChI=1S/C15H21NO3/c1-6-10-11(14-16-15(2,3)9-19-14)7-8-12(17-4)13(10)18-5/h7-8H,6,9H2,1-5H3. The van der Waals surface area contributed by atoms with Gasteiger partial charge in [-0.3, -0.25) is 0 Å². The van der Waals surface area contributed by atoms with Crippen LogP contribution in [0.4, 0.5) is 0 Å². The van der Waals surface area contributed by atoms with Crippen molar-refractivity contribution in [2.24, 2.45) is 4.99 Å². The molecule has 4 nitrogen and oxygen atoms in total. The van der Waals surface area contributed by atoms with E-state index >= 15 is 0 Å². The average Bonchev–Trinajstić information content (AvgIpc) is 2.76. The second-order valence-electron chi connectivity index (χ2n) is 5.20. The van der Waals surface area contributed by atoms with E-state index in [1.54, 1.807) is 14.2 Å². The zero-order chi connectivity index (χ0) is 14.0. The number of ether oxygens (including phenoxy) is 3. The van der Waals surface area contributed by atoms with Gasteiger partial charge >= 0.3 is 0 Å². The molecule has 1 aliphatic heterocycles. The number of hydrogen-bond acceptors (Lipinski definition) is 4. The SMILES string of the molecule is CCc1c(C2=NC(C)(C)CO2)ccc(OC)c1OC. The minimum Gasteiger partial charge on any atom is -0.493 e. The maximum Gasteiger partial charge on any atom is 0.217 e. The summed E-state index contributed by atoms with van der Waals surface area (Å²) in [7, 11) is 3.30. The van der Waals surface area contributed by atoms with Crippen LogP contribution in [0.2, 0.25) is 0 Å². The third-order valence-corrected chi connectivity index (χ3v) is 3.20. The highest BCUT2D eigenvalue weighted by Crippen LogP contribution is 2.35. The predicted octanol–water partition coefficient (Wildman–Crippen LogP) is 2.82. The zero-order valence-corrected chi connectivity index (χ0v) is 12.2. The van der Waals surface area contributed by atoms with Gasteiger partial charge in [0.25, 0.3) is 0 Å². The van der Waals surface area contributed by atoms with Gasteiger partial charge in [-0.25, -0.2) is 4.99 Å². The molecule has 0 radical (unpaired) electrons. The lowest BCUT2D eigenvalue weighted by atomic mass is 10.0. The number of methoxy groups -OCH3 is 2. The van der Waals surface area contributed by atoms with E-state index in [4.69, 9.17) is 14.2 Å². The van der Waals surface area contributed by atoms with Crippen LogP contribution in [-0.2, 0) is 11.2 Å². The molecule has 0 fully saturated rings. The first-order valence-corrected chi connectivity index (χ1v) is 6.49. The molecule has 0 atom stereocenters. The Morgan fingerprint density at radius 3 is 2.47 bits per heavy atom. The zero-order valence-electron chi connectivity index (χ0n) is 12.2. The van der Waals surface area contributed by atoms with E-state index < -0.39 is 0 Å². The molecule has 104 valence electrons. The van der Waals surface area contributed by atoms with Crippen molar-refractivity contribution < 1.29 is 14.2 Å². The molecule has 0 unspecified atom stereocenters. The molecule has 0 saturated carbocycles. The lowest BCUT2D eigenvalue weighted by Crippen LogP contribution is -2.17. The average molecular weight is 263 g/mol. The van der Waals surface area contributed by atoms with Crippen molar-refractivity contribution in [1.29, 1.82) is 0 Å². The van der Waals surface area contributed by atoms with Crippen molar-refractivity contribution >= 4 is 5.90 Å². The van der Waals surface area contributed by atoms with E-state index in [0.29, 0.717) is 12.5 Å². The molecule has 0 saturated heterocycles. The van der Waals surface area contributed by atoms with Crippen molar-refractivity contribution in [1.82, 2.24) is 0 Å². The van der Waals surface area contributed by atoms with Crippen LogP contribution >= 0.6 is 0 Å². The second-order valence-corrected chi connectivity index (χ2v) is 5.20. The molecule has 19 heavy (non-hydrogen) atoms. The number of aliphatic imine (C=N–C) groups is 1. The molecule has 1 aliphatic rings. The number of benzene rings is 1. The number of hydrogen-bond donors (Lipinski definition) is 0. The molecule has 0 amide bonds. The van der Waals surface area contributed by atoms with Gasteiger partial charge in [0.15, 0.2) is 11.5 Å². The van der Waals surface area contributed by atoms with Crippen molar-refractivity contribution in [2.45, 2.75) is 32.7 Å². The lowest BCUT2D eigenvalue weighted by molar-refractivity contribution is 0.279. The highest BCUT2D eigenvalue weighted by molar-refractivity contribution is 5.98. The molecule has 0 aliphatic carbocycles. The molecule has 0 spiro atoms. The summed E-state index contributed by atoms with van der Waals surface area (Å²) in [5, 5.41) is 0. The Hall–Kier alpha value is -1.71. The van der Waals surface area contributed by atoms with Crippen LogP contribution in [0.25, 0.3) is 0 Å². The minimum atomic E-state index is -0.159.